The summed E-state index contributed by atoms with van der Waals surface area (Å²) >= 11 is 0. The van der Waals surface area contributed by atoms with Crippen molar-refractivity contribution in [3.8, 4) is 0 Å². The molecule has 0 amide bonds. The molecule has 1 aromatic rings. The van der Waals surface area contributed by atoms with Crippen molar-refractivity contribution in [1.29, 1.82) is 0 Å². The fourth-order valence-electron chi connectivity index (χ4n) is 3.74. The van der Waals surface area contributed by atoms with Gasteiger partial charge in [-0.2, -0.15) is 8.42 Å². The second kappa shape index (κ2) is 7.89. The lowest BCUT2D eigenvalue weighted by molar-refractivity contribution is 0.163. The molecular weight excluding hydrogens is 386 g/mol. The summed E-state index contributed by atoms with van der Waals surface area (Å²) in [4.78, 5) is 1.27. The van der Waals surface area contributed by atoms with Crippen molar-refractivity contribution in [3.05, 3.63) is 24.3 Å². The minimum absolute atomic E-state index is 0.0664. The van der Waals surface area contributed by atoms with Crippen LogP contribution in [0.5, 0.6) is 0 Å². The maximum absolute atomic E-state index is 12.8. The number of hydrogen-bond acceptors (Lipinski definition) is 4. The minimum atomic E-state index is -3.96. The molecule has 0 spiro atoms. The normalized spacial score (nSPS) is 23.4. The Hall–Kier alpha value is -1.45. The highest BCUT2D eigenvalue weighted by atomic mass is 32.2. The van der Waals surface area contributed by atoms with Crippen LogP contribution in [0.1, 0.15) is 40.0 Å². The van der Waals surface area contributed by atoms with Crippen LogP contribution >= 0.6 is 0 Å². The molecule has 1 aromatic carbocycles. The van der Waals surface area contributed by atoms with Crippen molar-refractivity contribution in [2.75, 3.05) is 14.1 Å². The summed E-state index contributed by atoms with van der Waals surface area (Å²) in [7, 11) is -4.49. The fourth-order valence-corrected chi connectivity index (χ4v) is 6.07. The number of rotatable bonds is 6. The van der Waals surface area contributed by atoms with Crippen molar-refractivity contribution in [3.63, 3.8) is 0 Å². The summed E-state index contributed by atoms with van der Waals surface area (Å²) in [5.74, 6) is 0.425. The van der Waals surface area contributed by atoms with E-state index in [4.69, 9.17) is 0 Å². The summed E-state index contributed by atoms with van der Waals surface area (Å²) in [6, 6.07) is 5.14. The molecule has 1 fully saturated rings. The molecule has 0 bridgehead atoms. The molecular formula is C18H29N3O4S2. The molecule has 1 aliphatic rings. The molecule has 0 aliphatic heterocycles. The summed E-state index contributed by atoms with van der Waals surface area (Å²) in [5.41, 5.74) is 0.0664. The van der Waals surface area contributed by atoms with Gasteiger partial charge in [-0.1, -0.05) is 26.8 Å². The molecule has 2 unspecified atom stereocenters. The van der Waals surface area contributed by atoms with Gasteiger partial charge in [0.15, 0.2) is 0 Å². The Morgan fingerprint density at radius 2 is 1.78 bits per heavy atom. The number of nitrogens with zero attached hydrogens (tertiary/aromatic N) is 2. The van der Waals surface area contributed by atoms with E-state index in [2.05, 4.69) is 29.9 Å². The van der Waals surface area contributed by atoms with Crippen molar-refractivity contribution < 1.29 is 16.8 Å². The Morgan fingerprint density at radius 3 is 2.37 bits per heavy atom. The van der Waals surface area contributed by atoms with E-state index < -0.39 is 20.0 Å². The molecule has 0 aromatic heterocycles. The SMILES string of the molecule is CC1CC(NS(=O)(=O)c2cccc(S(=O)(=O)/N=C/N(C)C)c2)CC(C)(C)C1. The Kier molecular flexibility index (Phi) is 6.38. The van der Waals surface area contributed by atoms with Crippen LogP contribution in [0, 0.1) is 11.3 Å². The third kappa shape index (κ3) is 6.02. The number of nitrogens with one attached hydrogen (secondary N) is 1. The molecule has 0 radical (unpaired) electrons. The molecule has 27 heavy (non-hydrogen) atoms. The zero-order valence-electron chi connectivity index (χ0n) is 16.5. The second-order valence-electron chi connectivity index (χ2n) is 8.37. The number of benzene rings is 1. The van der Waals surface area contributed by atoms with Crippen LogP contribution < -0.4 is 4.72 Å². The van der Waals surface area contributed by atoms with Crippen LogP contribution in [0.2, 0.25) is 0 Å². The van der Waals surface area contributed by atoms with Crippen LogP contribution in [-0.4, -0.2) is 48.2 Å². The fraction of sp³-hybridized carbons (Fsp3) is 0.611. The molecule has 2 atom stereocenters. The zero-order chi connectivity index (χ0) is 20.5. The predicted molar refractivity (Wildman–Crippen MR) is 107 cm³/mol. The maximum Gasteiger partial charge on any atom is 0.283 e. The maximum atomic E-state index is 12.8. The minimum Gasteiger partial charge on any atom is -0.368 e. The van der Waals surface area contributed by atoms with Gasteiger partial charge in [-0.05, 0) is 48.8 Å². The van der Waals surface area contributed by atoms with E-state index in [1.807, 2.05) is 0 Å². The highest BCUT2D eigenvalue weighted by molar-refractivity contribution is 7.90. The first kappa shape index (κ1) is 21.8. The smallest absolute Gasteiger partial charge is 0.283 e. The molecule has 0 heterocycles. The van der Waals surface area contributed by atoms with E-state index in [1.165, 1.54) is 29.4 Å². The predicted octanol–water partition coefficient (Wildman–Crippen LogP) is 2.46. The lowest BCUT2D eigenvalue weighted by Gasteiger charge is -2.39. The molecule has 1 saturated carbocycles. The standard InChI is InChI=1S/C18H29N3O4S2/c1-14-9-15(12-18(2,3)11-14)20-27(24,25)17-8-6-7-16(10-17)26(22,23)19-13-21(4)5/h6-8,10,13-15,20H,9,11-12H2,1-5H3/b19-13+. The van der Waals surface area contributed by atoms with E-state index >= 15 is 0 Å². The van der Waals surface area contributed by atoms with Crippen LogP contribution in [0.25, 0.3) is 0 Å². The van der Waals surface area contributed by atoms with Crippen LogP contribution in [0.4, 0.5) is 0 Å². The molecule has 7 nitrogen and oxygen atoms in total. The Bertz CT molecular complexity index is 906. The van der Waals surface area contributed by atoms with Crippen molar-refractivity contribution in [1.82, 2.24) is 9.62 Å². The Morgan fingerprint density at radius 1 is 1.15 bits per heavy atom. The summed E-state index contributed by atoms with van der Waals surface area (Å²) in [6.07, 6.45) is 3.75. The summed E-state index contributed by atoms with van der Waals surface area (Å²) in [5, 5.41) is 0. The van der Waals surface area contributed by atoms with Gasteiger partial charge in [0.25, 0.3) is 10.0 Å². The van der Waals surface area contributed by atoms with E-state index in [0.29, 0.717) is 5.92 Å². The van der Waals surface area contributed by atoms with Gasteiger partial charge in [0.1, 0.15) is 6.34 Å². The molecule has 1 aliphatic carbocycles. The monoisotopic (exact) mass is 415 g/mol. The van der Waals surface area contributed by atoms with Crippen molar-refractivity contribution in [2.45, 2.75) is 55.9 Å². The molecule has 1 N–H and O–H groups in total. The van der Waals surface area contributed by atoms with Crippen LogP contribution in [0.15, 0.2) is 38.5 Å². The van der Waals surface area contributed by atoms with E-state index in [1.54, 1.807) is 14.1 Å². The second-order valence-corrected chi connectivity index (χ2v) is 11.7. The number of hydrogen-bond donors (Lipinski definition) is 1. The molecule has 9 heteroatoms. The highest BCUT2D eigenvalue weighted by Gasteiger charge is 2.34. The van der Waals surface area contributed by atoms with Crippen LogP contribution in [-0.2, 0) is 20.0 Å². The van der Waals surface area contributed by atoms with Gasteiger partial charge in [-0.15, -0.1) is 4.40 Å². The highest BCUT2D eigenvalue weighted by Crippen LogP contribution is 2.38. The van der Waals surface area contributed by atoms with Gasteiger partial charge in [0.05, 0.1) is 9.79 Å². The van der Waals surface area contributed by atoms with Gasteiger partial charge in [0, 0.05) is 20.1 Å². The first-order chi connectivity index (χ1) is 12.3. The van der Waals surface area contributed by atoms with Gasteiger partial charge < -0.3 is 4.90 Å². The third-order valence-corrected chi connectivity index (χ3v) is 7.28. The van der Waals surface area contributed by atoms with Gasteiger partial charge >= 0.3 is 0 Å². The van der Waals surface area contributed by atoms with Gasteiger partial charge in [-0.25, -0.2) is 13.1 Å². The third-order valence-electron chi connectivity index (χ3n) is 4.54. The first-order valence-electron chi connectivity index (χ1n) is 8.90. The van der Waals surface area contributed by atoms with E-state index in [9.17, 15) is 16.8 Å². The van der Waals surface area contributed by atoms with Crippen LogP contribution in [0.3, 0.4) is 0 Å². The van der Waals surface area contributed by atoms with Gasteiger partial charge in [-0.3, -0.25) is 0 Å². The van der Waals surface area contributed by atoms with Crippen molar-refractivity contribution >= 4 is 26.4 Å². The lowest BCUT2D eigenvalue weighted by Crippen LogP contribution is -2.42. The lowest BCUT2D eigenvalue weighted by atomic mass is 9.71. The average Bonchev–Trinajstić information content (AvgIpc) is 2.50. The number of sulfonamides is 2. The molecule has 0 saturated heterocycles. The molecule has 2 rings (SSSR count). The largest absolute Gasteiger partial charge is 0.368 e. The van der Waals surface area contributed by atoms with Crippen molar-refractivity contribution in [2.24, 2.45) is 15.7 Å². The summed E-state index contributed by atoms with van der Waals surface area (Å²) in [6.45, 7) is 6.40. The molecule has 152 valence electrons. The first-order valence-corrected chi connectivity index (χ1v) is 11.8. The average molecular weight is 416 g/mol. The zero-order valence-corrected chi connectivity index (χ0v) is 18.1. The van der Waals surface area contributed by atoms with E-state index in [0.717, 1.165) is 25.3 Å². The quantitative estimate of drug-likeness (QED) is 0.569. The Balaban J connectivity index is 2.27. The van der Waals surface area contributed by atoms with E-state index in [-0.39, 0.29) is 21.2 Å². The Labute approximate surface area is 163 Å². The van der Waals surface area contributed by atoms with Gasteiger partial charge in [0.2, 0.25) is 10.0 Å². The summed E-state index contributed by atoms with van der Waals surface area (Å²) < 4.78 is 56.5. The topological polar surface area (TPSA) is 95.9 Å².